The van der Waals surface area contributed by atoms with Gasteiger partial charge in [-0.1, -0.05) is 76.8 Å². The van der Waals surface area contributed by atoms with E-state index in [0.717, 1.165) is 0 Å². The molecule has 0 aliphatic carbocycles. The molecule has 0 spiro atoms. The molecule has 0 aliphatic heterocycles. The standard InChI is InChI=1S/C21H35Cl.H3N/c1-4-5-6-7-8-9-10-11-12-13-14-21-19(3)18(2)15-16-20(21)17-22;/h15-16H,4-14,17H2,1-3H3;1H3/p+1. The van der Waals surface area contributed by atoms with Gasteiger partial charge in [-0.15, -0.1) is 11.6 Å². The van der Waals surface area contributed by atoms with Crippen LogP contribution in [-0.4, -0.2) is 0 Å². The van der Waals surface area contributed by atoms with Crippen LogP contribution in [0.2, 0.25) is 0 Å². The molecule has 1 aromatic carbocycles. The van der Waals surface area contributed by atoms with E-state index in [-0.39, 0.29) is 6.15 Å². The molecule has 0 fully saturated rings. The Morgan fingerprint density at radius 3 is 1.83 bits per heavy atom. The van der Waals surface area contributed by atoms with Crippen molar-refractivity contribution in [1.82, 2.24) is 6.15 Å². The van der Waals surface area contributed by atoms with Crippen LogP contribution >= 0.6 is 11.6 Å². The zero-order valence-electron chi connectivity index (χ0n) is 16.0. The van der Waals surface area contributed by atoms with Crippen LogP contribution < -0.4 is 6.15 Å². The van der Waals surface area contributed by atoms with E-state index in [4.69, 9.17) is 11.6 Å². The van der Waals surface area contributed by atoms with Gasteiger partial charge in [0, 0.05) is 5.88 Å². The first-order chi connectivity index (χ1) is 10.7. The number of quaternary nitrogens is 1. The van der Waals surface area contributed by atoms with Crippen molar-refractivity contribution in [2.24, 2.45) is 0 Å². The Morgan fingerprint density at radius 2 is 1.30 bits per heavy atom. The summed E-state index contributed by atoms with van der Waals surface area (Å²) in [5, 5.41) is 0. The van der Waals surface area contributed by atoms with Gasteiger partial charge in [-0.2, -0.15) is 0 Å². The number of aryl methyl sites for hydroxylation is 1. The SMILES string of the molecule is CCCCCCCCCCCCc1c(CCl)ccc(C)c1C.[NH4+]. The average molecular weight is 341 g/mol. The molecule has 1 nitrogen and oxygen atoms in total. The Bertz CT molecular complexity index is 415. The van der Waals surface area contributed by atoms with Gasteiger partial charge in [0.2, 0.25) is 0 Å². The molecule has 0 saturated carbocycles. The van der Waals surface area contributed by atoms with E-state index in [0.29, 0.717) is 5.88 Å². The highest BCUT2D eigenvalue weighted by atomic mass is 35.5. The third kappa shape index (κ3) is 8.77. The van der Waals surface area contributed by atoms with Crippen molar-refractivity contribution in [2.75, 3.05) is 0 Å². The van der Waals surface area contributed by atoms with Crippen LogP contribution in [0.5, 0.6) is 0 Å². The van der Waals surface area contributed by atoms with Crippen LogP contribution in [-0.2, 0) is 12.3 Å². The number of unbranched alkanes of at least 4 members (excludes halogenated alkanes) is 9. The number of alkyl halides is 1. The van der Waals surface area contributed by atoms with Crippen LogP contribution in [0.15, 0.2) is 12.1 Å². The summed E-state index contributed by atoms with van der Waals surface area (Å²) in [6, 6.07) is 4.41. The predicted octanol–water partition coefficient (Wildman–Crippen LogP) is 7.88. The lowest BCUT2D eigenvalue weighted by Crippen LogP contribution is -1.98. The van der Waals surface area contributed by atoms with Gasteiger partial charge in [0.05, 0.1) is 0 Å². The Labute approximate surface area is 149 Å². The van der Waals surface area contributed by atoms with Crippen molar-refractivity contribution in [2.45, 2.75) is 97.3 Å². The molecule has 134 valence electrons. The molecule has 0 heterocycles. The van der Waals surface area contributed by atoms with Crippen LogP contribution in [0.3, 0.4) is 0 Å². The van der Waals surface area contributed by atoms with Crippen LogP contribution in [0.25, 0.3) is 0 Å². The lowest BCUT2D eigenvalue weighted by molar-refractivity contribution is 0.556. The largest absolute Gasteiger partial charge is 0.369 e. The number of rotatable bonds is 12. The third-order valence-electron chi connectivity index (χ3n) is 4.89. The highest BCUT2D eigenvalue weighted by Gasteiger charge is 2.07. The fourth-order valence-corrected chi connectivity index (χ4v) is 3.44. The minimum Gasteiger partial charge on any atom is -0.369 e. The van der Waals surface area contributed by atoms with Crippen molar-refractivity contribution >= 4 is 11.6 Å². The molecule has 0 unspecified atom stereocenters. The summed E-state index contributed by atoms with van der Waals surface area (Å²) < 4.78 is 0. The van der Waals surface area contributed by atoms with Gasteiger partial charge in [0.15, 0.2) is 0 Å². The van der Waals surface area contributed by atoms with Crippen molar-refractivity contribution in [1.29, 1.82) is 0 Å². The van der Waals surface area contributed by atoms with Crippen LogP contribution in [0.1, 0.15) is 93.4 Å². The number of benzene rings is 1. The van der Waals surface area contributed by atoms with Gasteiger partial charge >= 0.3 is 0 Å². The summed E-state index contributed by atoms with van der Waals surface area (Å²) in [5.74, 6) is 0.647. The van der Waals surface area contributed by atoms with Crippen molar-refractivity contribution in [3.05, 3.63) is 34.4 Å². The van der Waals surface area contributed by atoms with E-state index in [1.807, 2.05) is 0 Å². The Balaban J connectivity index is 0.00000484. The second-order valence-electron chi connectivity index (χ2n) is 6.71. The number of hydrogen-bond acceptors (Lipinski definition) is 0. The van der Waals surface area contributed by atoms with E-state index in [2.05, 4.69) is 32.9 Å². The first-order valence-electron chi connectivity index (χ1n) is 9.34. The number of halogens is 1. The van der Waals surface area contributed by atoms with Crippen molar-refractivity contribution in [3.8, 4) is 0 Å². The minimum absolute atomic E-state index is 0. The molecule has 0 aromatic heterocycles. The fourth-order valence-electron chi connectivity index (χ4n) is 3.19. The smallest absolute Gasteiger partial charge is 0.0476 e. The summed E-state index contributed by atoms with van der Waals surface area (Å²) in [4.78, 5) is 0. The molecule has 0 saturated heterocycles. The third-order valence-corrected chi connectivity index (χ3v) is 5.18. The molecule has 0 atom stereocenters. The summed E-state index contributed by atoms with van der Waals surface area (Å²) in [5.41, 5.74) is 5.69. The first-order valence-corrected chi connectivity index (χ1v) is 9.88. The van der Waals surface area contributed by atoms with Gasteiger partial charge in [-0.3, -0.25) is 0 Å². The van der Waals surface area contributed by atoms with E-state index >= 15 is 0 Å². The summed E-state index contributed by atoms with van der Waals surface area (Å²) in [7, 11) is 0. The maximum atomic E-state index is 6.09. The van der Waals surface area contributed by atoms with E-state index < -0.39 is 0 Å². The highest BCUT2D eigenvalue weighted by Crippen LogP contribution is 2.22. The molecule has 0 radical (unpaired) electrons. The average Bonchev–Trinajstić information content (AvgIpc) is 2.53. The second kappa shape index (κ2) is 13.9. The minimum atomic E-state index is 0. The molecular formula is C21H39ClN+. The molecule has 0 aliphatic rings. The molecule has 4 N–H and O–H groups in total. The van der Waals surface area contributed by atoms with Gasteiger partial charge in [-0.05, 0) is 48.9 Å². The fraction of sp³-hybridized carbons (Fsp3) is 0.714. The highest BCUT2D eigenvalue weighted by molar-refractivity contribution is 6.17. The quantitative estimate of drug-likeness (QED) is 0.296. The Morgan fingerprint density at radius 1 is 0.783 bits per heavy atom. The Hall–Kier alpha value is -0.530. The zero-order chi connectivity index (χ0) is 16.2. The topological polar surface area (TPSA) is 36.5 Å². The maximum absolute atomic E-state index is 6.09. The number of hydrogen-bond donors (Lipinski definition) is 1. The van der Waals surface area contributed by atoms with Crippen LogP contribution in [0, 0.1) is 13.8 Å². The lowest BCUT2D eigenvalue weighted by Gasteiger charge is -2.13. The summed E-state index contributed by atoms with van der Waals surface area (Å²) >= 11 is 6.09. The normalized spacial score (nSPS) is 10.6. The van der Waals surface area contributed by atoms with E-state index in [9.17, 15) is 0 Å². The summed E-state index contributed by atoms with van der Waals surface area (Å²) in [6.45, 7) is 6.73. The van der Waals surface area contributed by atoms with E-state index in [1.165, 1.54) is 92.9 Å². The molecule has 0 amide bonds. The predicted molar refractivity (Wildman–Crippen MR) is 107 cm³/mol. The molecule has 1 rings (SSSR count). The van der Waals surface area contributed by atoms with Crippen LogP contribution in [0.4, 0.5) is 0 Å². The molecule has 23 heavy (non-hydrogen) atoms. The second-order valence-corrected chi connectivity index (χ2v) is 6.98. The van der Waals surface area contributed by atoms with Crippen molar-refractivity contribution < 1.29 is 0 Å². The monoisotopic (exact) mass is 340 g/mol. The van der Waals surface area contributed by atoms with Gasteiger partial charge in [0.1, 0.15) is 0 Å². The Kier molecular flexibility index (Phi) is 13.5. The van der Waals surface area contributed by atoms with E-state index in [1.54, 1.807) is 0 Å². The maximum Gasteiger partial charge on any atom is 0.0476 e. The lowest BCUT2D eigenvalue weighted by atomic mass is 9.94. The van der Waals surface area contributed by atoms with Gasteiger partial charge < -0.3 is 6.15 Å². The van der Waals surface area contributed by atoms with Crippen molar-refractivity contribution in [3.63, 3.8) is 0 Å². The van der Waals surface area contributed by atoms with Gasteiger partial charge in [0.25, 0.3) is 0 Å². The van der Waals surface area contributed by atoms with Gasteiger partial charge in [-0.25, -0.2) is 0 Å². The molecule has 2 heteroatoms. The molecular weight excluding hydrogens is 302 g/mol. The molecule has 0 bridgehead atoms. The zero-order valence-corrected chi connectivity index (χ0v) is 16.8. The summed E-state index contributed by atoms with van der Waals surface area (Å²) in [6.07, 6.45) is 15.2. The molecule has 1 aromatic rings. The first kappa shape index (κ1) is 22.5.